The lowest BCUT2D eigenvalue weighted by Crippen LogP contribution is -2.48. The van der Waals surface area contributed by atoms with Crippen LogP contribution in [-0.4, -0.2) is 23.8 Å². The summed E-state index contributed by atoms with van der Waals surface area (Å²) in [5.41, 5.74) is 0.390. The van der Waals surface area contributed by atoms with E-state index in [0.29, 0.717) is 5.56 Å². The Morgan fingerprint density at radius 3 is 2.38 bits per heavy atom. The second kappa shape index (κ2) is 5.89. The zero-order valence-corrected chi connectivity index (χ0v) is 13.4. The van der Waals surface area contributed by atoms with E-state index in [4.69, 9.17) is 5.11 Å². The van der Waals surface area contributed by atoms with Gasteiger partial charge in [0, 0.05) is 29.0 Å². The number of hydrogen-bond donors (Lipinski definition) is 2. The Kier molecular flexibility index (Phi) is 4.71. The molecule has 1 saturated heterocycles. The number of thiophene rings is 1. The number of halogens is 3. The van der Waals surface area contributed by atoms with Crippen molar-refractivity contribution in [3.63, 3.8) is 0 Å². The Morgan fingerprint density at radius 1 is 1.33 bits per heavy atom. The summed E-state index contributed by atoms with van der Waals surface area (Å²) >= 11 is 0.852. The first-order valence-corrected chi connectivity index (χ1v) is 8.04. The van der Waals surface area contributed by atoms with E-state index in [0.717, 1.165) is 29.1 Å². The zero-order valence-electron chi connectivity index (χ0n) is 12.5. The highest BCUT2D eigenvalue weighted by molar-refractivity contribution is 7.12. The standard InChI is InChI=1S/C15H22F3NOS/c1-9-7-14(3,8-10(2)19-9)13-11(4-5-20)6-12(21-13)15(16,17)18/h6,9-10,19-20H,4-5,7-8H2,1-3H3. The Balaban J connectivity index is 2.43. The summed E-state index contributed by atoms with van der Waals surface area (Å²) in [4.78, 5) is 0.241. The van der Waals surface area contributed by atoms with Crippen molar-refractivity contribution < 1.29 is 18.3 Å². The number of nitrogens with one attached hydrogen (secondary N) is 1. The van der Waals surface area contributed by atoms with Crippen molar-refractivity contribution in [1.29, 1.82) is 0 Å². The monoisotopic (exact) mass is 321 g/mol. The number of piperidine rings is 1. The minimum Gasteiger partial charge on any atom is -0.396 e. The quantitative estimate of drug-likeness (QED) is 0.889. The molecule has 1 aliphatic heterocycles. The van der Waals surface area contributed by atoms with Gasteiger partial charge in [-0.3, -0.25) is 0 Å². The van der Waals surface area contributed by atoms with E-state index in [1.165, 1.54) is 6.07 Å². The summed E-state index contributed by atoms with van der Waals surface area (Å²) in [6.07, 6.45) is -2.40. The molecule has 0 spiro atoms. The van der Waals surface area contributed by atoms with Gasteiger partial charge in [-0.2, -0.15) is 13.2 Å². The third-order valence-electron chi connectivity index (χ3n) is 4.10. The Bertz CT molecular complexity index is 488. The van der Waals surface area contributed by atoms with Crippen molar-refractivity contribution in [2.45, 2.75) is 63.7 Å². The predicted octanol–water partition coefficient (Wildman–Crippen LogP) is 3.72. The van der Waals surface area contributed by atoms with Gasteiger partial charge < -0.3 is 10.4 Å². The van der Waals surface area contributed by atoms with Crippen molar-refractivity contribution in [2.75, 3.05) is 6.61 Å². The fraction of sp³-hybridized carbons (Fsp3) is 0.733. The molecule has 120 valence electrons. The molecule has 1 fully saturated rings. The lowest BCUT2D eigenvalue weighted by Gasteiger charge is -2.41. The van der Waals surface area contributed by atoms with Gasteiger partial charge in [0.1, 0.15) is 4.88 Å². The fourth-order valence-corrected chi connectivity index (χ4v) is 4.85. The van der Waals surface area contributed by atoms with E-state index < -0.39 is 11.1 Å². The van der Waals surface area contributed by atoms with Crippen LogP contribution in [-0.2, 0) is 18.0 Å². The number of aliphatic hydroxyl groups is 1. The second-order valence-electron chi connectivity index (χ2n) is 6.37. The number of alkyl halides is 3. The molecule has 2 rings (SSSR count). The third kappa shape index (κ3) is 3.60. The molecule has 2 atom stereocenters. The minimum absolute atomic E-state index is 0.125. The van der Waals surface area contributed by atoms with Gasteiger partial charge in [0.2, 0.25) is 0 Å². The predicted molar refractivity (Wildman–Crippen MR) is 78.8 cm³/mol. The molecule has 1 aromatic heterocycles. The largest absolute Gasteiger partial charge is 0.425 e. The van der Waals surface area contributed by atoms with Gasteiger partial charge in [-0.15, -0.1) is 11.3 Å². The average molecular weight is 321 g/mol. The number of aliphatic hydroxyl groups excluding tert-OH is 1. The molecule has 2 nitrogen and oxygen atoms in total. The van der Waals surface area contributed by atoms with E-state index >= 15 is 0 Å². The van der Waals surface area contributed by atoms with Crippen LogP contribution < -0.4 is 5.32 Å². The van der Waals surface area contributed by atoms with Crippen molar-refractivity contribution in [3.05, 3.63) is 21.4 Å². The molecule has 0 aliphatic carbocycles. The van der Waals surface area contributed by atoms with Gasteiger partial charge in [-0.25, -0.2) is 0 Å². The smallest absolute Gasteiger partial charge is 0.396 e. The lowest BCUT2D eigenvalue weighted by molar-refractivity contribution is -0.134. The van der Waals surface area contributed by atoms with Crippen molar-refractivity contribution in [2.24, 2.45) is 0 Å². The number of hydrogen-bond acceptors (Lipinski definition) is 3. The highest BCUT2D eigenvalue weighted by Crippen LogP contribution is 2.46. The molecule has 0 saturated carbocycles. The highest BCUT2D eigenvalue weighted by atomic mass is 32.1. The lowest BCUT2D eigenvalue weighted by atomic mass is 9.73. The van der Waals surface area contributed by atoms with Gasteiger partial charge in [0.05, 0.1) is 0 Å². The molecule has 21 heavy (non-hydrogen) atoms. The molecule has 1 aromatic rings. The molecule has 0 bridgehead atoms. The van der Waals surface area contributed by atoms with Crippen molar-refractivity contribution in [3.8, 4) is 0 Å². The Hall–Kier alpha value is -0.590. The van der Waals surface area contributed by atoms with E-state index in [1.807, 2.05) is 6.92 Å². The van der Waals surface area contributed by atoms with Crippen LogP contribution in [0, 0.1) is 0 Å². The van der Waals surface area contributed by atoms with E-state index in [-0.39, 0.29) is 30.5 Å². The highest BCUT2D eigenvalue weighted by Gasteiger charge is 2.41. The molecule has 6 heteroatoms. The third-order valence-corrected chi connectivity index (χ3v) is 5.63. The normalized spacial score (nSPS) is 30.6. The summed E-state index contributed by atoms with van der Waals surface area (Å²) in [6, 6.07) is 1.77. The molecular formula is C15H22F3NOS. The molecule has 2 unspecified atom stereocenters. The molecule has 0 aromatic carbocycles. The summed E-state index contributed by atoms with van der Waals surface area (Å²) in [5.74, 6) is 0. The number of rotatable bonds is 3. The van der Waals surface area contributed by atoms with Crippen LogP contribution >= 0.6 is 11.3 Å². The van der Waals surface area contributed by atoms with E-state index in [9.17, 15) is 13.2 Å². The van der Waals surface area contributed by atoms with Crippen molar-refractivity contribution >= 4 is 11.3 Å². The Morgan fingerprint density at radius 2 is 1.90 bits per heavy atom. The van der Waals surface area contributed by atoms with Crippen LogP contribution in [0.2, 0.25) is 0 Å². The van der Waals surface area contributed by atoms with Gasteiger partial charge in [-0.1, -0.05) is 6.92 Å². The molecule has 0 radical (unpaired) electrons. The molecule has 2 heterocycles. The summed E-state index contributed by atoms with van der Waals surface area (Å²) < 4.78 is 39.0. The SMILES string of the molecule is CC1CC(C)(c2sc(C(F)(F)F)cc2CCO)CC(C)N1. The summed E-state index contributed by atoms with van der Waals surface area (Å²) in [5, 5.41) is 12.6. The summed E-state index contributed by atoms with van der Waals surface area (Å²) in [7, 11) is 0. The van der Waals surface area contributed by atoms with Crippen LogP contribution in [0.5, 0.6) is 0 Å². The topological polar surface area (TPSA) is 32.3 Å². The van der Waals surface area contributed by atoms with Crippen LogP contribution in [0.3, 0.4) is 0 Å². The van der Waals surface area contributed by atoms with Crippen molar-refractivity contribution in [1.82, 2.24) is 5.32 Å². The van der Waals surface area contributed by atoms with Gasteiger partial charge in [0.15, 0.2) is 0 Å². The Labute approximate surface area is 127 Å². The first-order valence-electron chi connectivity index (χ1n) is 7.23. The maximum absolute atomic E-state index is 13.0. The van der Waals surface area contributed by atoms with E-state index in [1.54, 1.807) is 0 Å². The molecule has 0 amide bonds. The minimum atomic E-state index is -4.31. The molecular weight excluding hydrogens is 299 g/mol. The van der Waals surface area contributed by atoms with Crippen LogP contribution in [0.25, 0.3) is 0 Å². The zero-order chi connectivity index (χ0) is 15.8. The first kappa shape index (κ1) is 16.8. The maximum atomic E-state index is 13.0. The van der Waals surface area contributed by atoms with Crippen LogP contribution in [0.15, 0.2) is 6.07 Å². The van der Waals surface area contributed by atoms with Gasteiger partial charge in [0.25, 0.3) is 0 Å². The van der Waals surface area contributed by atoms with E-state index in [2.05, 4.69) is 19.2 Å². The first-order chi connectivity index (χ1) is 9.65. The maximum Gasteiger partial charge on any atom is 0.425 e. The van der Waals surface area contributed by atoms with Crippen LogP contribution in [0.1, 0.15) is 48.9 Å². The summed E-state index contributed by atoms with van der Waals surface area (Å²) in [6.45, 7) is 6.06. The second-order valence-corrected chi connectivity index (χ2v) is 7.43. The molecule has 1 aliphatic rings. The van der Waals surface area contributed by atoms with Gasteiger partial charge in [-0.05, 0) is 44.7 Å². The fourth-order valence-electron chi connectivity index (χ4n) is 3.61. The molecule has 2 N–H and O–H groups in total. The van der Waals surface area contributed by atoms with Crippen LogP contribution in [0.4, 0.5) is 13.2 Å². The van der Waals surface area contributed by atoms with Gasteiger partial charge >= 0.3 is 6.18 Å². The average Bonchev–Trinajstić information content (AvgIpc) is 2.72.